The Morgan fingerprint density at radius 1 is 0.938 bits per heavy atom. The standard InChI is InChI=1S/C22H20F3N3O4/c23-22(24,25)32-18-8-6-16(7-9-18)10-12-26-19(29)15-28-20(30)11-13-27(21(28)31)14-17-4-2-1-3-5-17/h1-9,11,13H,10,12,14-15H2,(H,26,29). The molecule has 0 fully saturated rings. The zero-order valence-electron chi connectivity index (χ0n) is 16.8. The van der Waals surface area contributed by atoms with Crippen molar-refractivity contribution in [2.75, 3.05) is 6.54 Å². The normalized spacial score (nSPS) is 11.2. The number of carbonyl (C=O) groups excluding carboxylic acids is 1. The molecule has 0 aliphatic heterocycles. The number of amides is 1. The quantitative estimate of drug-likeness (QED) is 0.575. The summed E-state index contributed by atoms with van der Waals surface area (Å²) in [5, 5.41) is 2.60. The summed E-state index contributed by atoms with van der Waals surface area (Å²) in [5.41, 5.74) is 0.365. The summed E-state index contributed by atoms with van der Waals surface area (Å²) in [4.78, 5) is 36.9. The maximum absolute atomic E-state index is 12.6. The molecule has 1 amide bonds. The first-order chi connectivity index (χ1) is 15.2. The van der Waals surface area contributed by atoms with Gasteiger partial charge in [0.25, 0.3) is 5.56 Å². The number of benzene rings is 2. The lowest BCUT2D eigenvalue weighted by molar-refractivity contribution is -0.274. The molecule has 3 aromatic rings. The van der Waals surface area contributed by atoms with Gasteiger partial charge >= 0.3 is 12.1 Å². The second kappa shape index (κ2) is 9.99. The number of carbonyl (C=O) groups is 1. The van der Waals surface area contributed by atoms with Gasteiger partial charge in [0.05, 0.1) is 6.54 Å². The predicted molar refractivity (Wildman–Crippen MR) is 110 cm³/mol. The molecule has 3 rings (SSSR count). The van der Waals surface area contributed by atoms with Crippen LogP contribution in [0, 0.1) is 0 Å². The average Bonchev–Trinajstić information content (AvgIpc) is 2.74. The van der Waals surface area contributed by atoms with Crippen LogP contribution in [-0.2, 0) is 24.3 Å². The van der Waals surface area contributed by atoms with E-state index in [4.69, 9.17) is 0 Å². The van der Waals surface area contributed by atoms with Crippen LogP contribution in [0.4, 0.5) is 13.2 Å². The highest BCUT2D eigenvalue weighted by Gasteiger charge is 2.30. The lowest BCUT2D eigenvalue weighted by Gasteiger charge is -2.11. The predicted octanol–water partition coefficient (Wildman–Crippen LogP) is 2.32. The van der Waals surface area contributed by atoms with E-state index >= 15 is 0 Å². The fraction of sp³-hybridized carbons (Fsp3) is 0.227. The number of hydrogen-bond donors (Lipinski definition) is 1. The van der Waals surface area contributed by atoms with Gasteiger partial charge in [-0.1, -0.05) is 42.5 Å². The van der Waals surface area contributed by atoms with Gasteiger partial charge in [-0.2, -0.15) is 0 Å². The summed E-state index contributed by atoms with van der Waals surface area (Å²) in [6.07, 6.45) is -3.02. The number of halogens is 3. The zero-order valence-corrected chi connectivity index (χ0v) is 16.8. The Hall–Kier alpha value is -3.82. The van der Waals surface area contributed by atoms with Gasteiger partial charge in [0.2, 0.25) is 5.91 Å². The fourth-order valence-electron chi connectivity index (χ4n) is 3.01. The molecular weight excluding hydrogens is 427 g/mol. The fourth-order valence-corrected chi connectivity index (χ4v) is 3.01. The molecule has 0 aliphatic rings. The van der Waals surface area contributed by atoms with E-state index < -0.39 is 30.1 Å². The molecular formula is C22H20F3N3O4. The van der Waals surface area contributed by atoms with Crippen LogP contribution in [-0.4, -0.2) is 27.9 Å². The molecule has 1 heterocycles. The highest BCUT2D eigenvalue weighted by Crippen LogP contribution is 2.22. The van der Waals surface area contributed by atoms with E-state index in [0.29, 0.717) is 12.0 Å². The molecule has 0 saturated heterocycles. The van der Waals surface area contributed by atoms with E-state index in [9.17, 15) is 27.6 Å². The average molecular weight is 447 g/mol. The Morgan fingerprint density at radius 2 is 1.62 bits per heavy atom. The maximum atomic E-state index is 12.6. The van der Waals surface area contributed by atoms with Crippen LogP contribution < -0.4 is 21.3 Å². The molecule has 10 heteroatoms. The molecule has 0 unspecified atom stereocenters. The van der Waals surface area contributed by atoms with Crippen LogP contribution in [0.2, 0.25) is 0 Å². The van der Waals surface area contributed by atoms with E-state index in [0.717, 1.165) is 10.1 Å². The molecule has 0 aliphatic carbocycles. The van der Waals surface area contributed by atoms with Gasteiger partial charge in [0.1, 0.15) is 12.3 Å². The third kappa shape index (κ3) is 6.59. The summed E-state index contributed by atoms with van der Waals surface area (Å²) in [7, 11) is 0. The summed E-state index contributed by atoms with van der Waals surface area (Å²) in [6.45, 7) is -0.000620. The Morgan fingerprint density at radius 3 is 2.28 bits per heavy atom. The van der Waals surface area contributed by atoms with Crippen LogP contribution in [0.25, 0.3) is 0 Å². The van der Waals surface area contributed by atoms with Crippen molar-refractivity contribution in [3.8, 4) is 5.75 Å². The van der Waals surface area contributed by atoms with Gasteiger partial charge in [-0.3, -0.25) is 18.7 Å². The second-order valence-electron chi connectivity index (χ2n) is 6.93. The maximum Gasteiger partial charge on any atom is 0.573 e. The van der Waals surface area contributed by atoms with E-state index in [1.54, 1.807) is 0 Å². The first-order valence-corrected chi connectivity index (χ1v) is 9.67. The van der Waals surface area contributed by atoms with Crippen molar-refractivity contribution >= 4 is 5.91 Å². The van der Waals surface area contributed by atoms with Crippen molar-refractivity contribution in [2.24, 2.45) is 0 Å². The van der Waals surface area contributed by atoms with Crippen molar-refractivity contribution in [3.05, 3.63) is 98.8 Å². The number of rotatable bonds is 8. The van der Waals surface area contributed by atoms with Gasteiger partial charge in [-0.25, -0.2) is 4.79 Å². The number of alkyl halides is 3. The van der Waals surface area contributed by atoms with Gasteiger partial charge < -0.3 is 10.1 Å². The van der Waals surface area contributed by atoms with Crippen molar-refractivity contribution in [3.63, 3.8) is 0 Å². The molecule has 0 bridgehead atoms. The molecule has 0 atom stereocenters. The van der Waals surface area contributed by atoms with Crippen LogP contribution >= 0.6 is 0 Å². The van der Waals surface area contributed by atoms with Crippen LogP contribution in [0.15, 0.2) is 76.4 Å². The van der Waals surface area contributed by atoms with E-state index in [-0.39, 0.29) is 18.8 Å². The number of aromatic nitrogens is 2. The lowest BCUT2D eigenvalue weighted by atomic mass is 10.1. The molecule has 1 N–H and O–H groups in total. The number of nitrogens with zero attached hydrogens (tertiary/aromatic N) is 2. The monoisotopic (exact) mass is 447 g/mol. The van der Waals surface area contributed by atoms with Crippen molar-refractivity contribution in [2.45, 2.75) is 25.9 Å². The van der Waals surface area contributed by atoms with Crippen molar-refractivity contribution in [1.29, 1.82) is 0 Å². The minimum absolute atomic E-state index is 0.179. The highest BCUT2D eigenvalue weighted by atomic mass is 19.4. The smallest absolute Gasteiger partial charge is 0.406 e. The highest BCUT2D eigenvalue weighted by molar-refractivity contribution is 5.75. The summed E-state index contributed by atoms with van der Waals surface area (Å²) in [6, 6.07) is 15.7. The summed E-state index contributed by atoms with van der Waals surface area (Å²) in [5.74, 6) is -0.862. The first kappa shape index (κ1) is 22.9. The van der Waals surface area contributed by atoms with Crippen molar-refractivity contribution in [1.82, 2.24) is 14.5 Å². The Kier molecular flexibility index (Phi) is 7.14. The zero-order chi connectivity index (χ0) is 23.1. The number of ether oxygens (including phenoxy) is 1. The molecule has 0 saturated carbocycles. The minimum Gasteiger partial charge on any atom is -0.406 e. The Balaban J connectivity index is 1.56. The minimum atomic E-state index is -4.76. The molecule has 0 spiro atoms. The summed E-state index contributed by atoms with van der Waals surface area (Å²) >= 11 is 0. The second-order valence-corrected chi connectivity index (χ2v) is 6.93. The molecule has 168 valence electrons. The Labute approximate surface area is 180 Å². The van der Waals surface area contributed by atoms with Gasteiger partial charge in [-0.15, -0.1) is 13.2 Å². The molecule has 7 nitrogen and oxygen atoms in total. The molecule has 1 aromatic heterocycles. The number of nitrogens with one attached hydrogen (secondary N) is 1. The van der Waals surface area contributed by atoms with Crippen molar-refractivity contribution < 1.29 is 22.7 Å². The molecule has 2 aromatic carbocycles. The molecule has 32 heavy (non-hydrogen) atoms. The van der Waals surface area contributed by atoms with Crippen LogP contribution in [0.3, 0.4) is 0 Å². The topological polar surface area (TPSA) is 82.3 Å². The van der Waals surface area contributed by atoms with Crippen LogP contribution in [0.5, 0.6) is 5.75 Å². The lowest BCUT2D eigenvalue weighted by Crippen LogP contribution is -2.43. The van der Waals surface area contributed by atoms with Gasteiger partial charge in [0.15, 0.2) is 0 Å². The van der Waals surface area contributed by atoms with Gasteiger partial charge in [0, 0.05) is 18.8 Å². The van der Waals surface area contributed by atoms with Crippen LogP contribution in [0.1, 0.15) is 11.1 Å². The Bertz CT molecular complexity index is 1170. The van der Waals surface area contributed by atoms with E-state index in [1.807, 2.05) is 30.3 Å². The summed E-state index contributed by atoms with van der Waals surface area (Å²) < 4.78 is 42.5. The third-order valence-electron chi connectivity index (χ3n) is 4.53. The van der Waals surface area contributed by atoms with E-state index in [2.05, 4.69) is 10.1 Å². The SMILES string of the molecule is O=C(Cn1c(=O)ccn(Cc2ccccc2)c1=O)NCCc1ccc(OC(F)(F)F)cc1. The van der Waals surface area contributed by atoms with E-state index in [1.165, 1.54) is 41.1 Å². The van der Waals surface area contributed by atoms with Gasteiger partial charge in [-0.05, 0) is 29.7 Å². The first-order valence-electron chi connectivity index (χ1n) is 9.67. The molecule has 0 radical (unpaired) electrons. The largest absolute Gasteiger partial charge is 0.573 e. The third-order valence-corrected chi connectivity index (χ3v) is 4.53. The number of hydrogen-bond acceptors (Lipinski definition) is 4.